The maximum absolute atomic E-state index is 12.2. The Hall–Kier alpha value is -1.56. The molecular formula is C15H15IN2O. The fourth-order valence-electron chi connectivity index (χ4n) is 1.80. The monoisotopic (exact) mass is 366 g/mol. The van der Waals surface area contributed by atoms with E-state index in [9.17, 15) is 4.79 Å². The van der Waals surface area contributed by atoms with E-state index in [1.807, 2.05) is 44.2 Å². The van der Waals surface area contributed by atoms with Crippen molar-refractivity contribution in [2.75, 3.05) is 11.1 Å². The summed E-state index contributed by atoms with van der Waals surface area (Å²) in [4.78, 5) is 12.2. The second-order valence-electron chi connectivity index (χ2n) is 4.49. The molecule has 0 spiro atoms. The molecule has 0 heterocycles. The van der Waals surface area contributed by atoms with Gasteiger partial charge in [-0.25, -0.2) is 0 Å². The Balaban J connectivity index is 2.27. The predicted molar refractivity (Wildman–Crippen MR) is 87.4 cm³/mol. The number of nitrogens with two attached hydrogens (primary N) is 1. The maximum atomic E-state index is 12.2. The zero-order valence-corrected chi connectivity index (χ0v) is 13.0. The highest BCUT2D eigenvalue weighted by atomic mass is 127. The van der Waals surface area contributed by atoms with Crippen LogP contribution in [0.3, 0.4) is 0 Å². The van der Waals surface area contributed by atoms with Gasteiger partial charge in [0.25, 0.3) is 5.91 Å². The highest BCUT2D eigenvalue weighted by Gasteiger charge is 2.09. The van der Waals surface area contributed by atoms with Crippen LogP contribution in [0.4, 0.5) is 11.4 Å². The molecule has 3 nitrogen and oxygen atoms in total. The lowest BCUT2D eigenvalue weighted by atomic mass is 10.1. The first-order valence-corrected chi connectivity index (χ1v) is 6.99. The Morgan fingerprint density at radius 2 is 1.89 bits per heavy atom. The van der Waals surface area contributed by atoms with Crippen LogP contribution in [0.25, 0.3) is 0 Å². The van der Waals surface area contributed by atoms with Crippen molar-refractivity contribution in [3.8, 4) is 0 Å². The van der Waals surface area contributed by atoms with E-state index in [0.717, 1.165) is 26.1 Å². The summed E-state index contributed by atoms with van der Waals surface area (Å²) in [5.74, 6) is -0.106. The topological polar surface area (TPSA) is 55.1 Å². The van der Waals surface area contributed by atoms with E-state index in [1.54, 1.807) is 6.07 Å². The summed E-state index contributed by atoms with van der Waals surface area (Å²) in [7, 11) is 0. The second kappa shape index (κ2) is 5.61. The van der Waals surface area contributed by atoms with Crippen LogP contribution in [0.1, 0.15) is 21.5 Å². The number of nitrogen functional groups attached to an aromatic ring is 1. The van der Waals surface area contributed by atoms with E-state index >= 15 is 0 Å². The number of benzene rings is 2. The number of rotatable bonds is 2. The largest absolute Gasteiger partial charge is 0.399 e. The summed E-state index contributed by atoms with van der Waals surface area (Å²) in [6, 6.07) is 11.3. The SMILES string of the molecule is Cc1cc(NC(=O)c2cccc(I)c2)c(C)cc1N. The minimum Gasteiger partial charge on any atom is -0.399 e. The van der Waals surface area contributed by atoms with Crippen molar-refractivity contribution in [2.45, 2.75) is 13.8 Å². The minimum atomic E-state index is -0.106. The quantitative estimate of drug-likeness (QED) is 0.629. The molecule has 0 atom stereocenters. The Labute approximate surface area is 126 Å². The molecule has 0 aliphatic rings. The summed E-state index contributed by atoms with van der Waals surface area (Å²) in [5.41, 5.74) is 9.95. The van der Waals surface area contributed by atoms with Crippen LogP contribution in [0.5, 0.6) is 0 Å². The average molecular weight is 366 g/mol. The van der Waals surface area contributed by atoms with Gasteiger partial charge in [-0.1, -0.05) is 6.07 Å². The lowest BCUT2D eigenvalue weighted by molar-refractivity contribution is 0.102. The van der Waals surface area contributed by atoms with Crippen LogP contribution in [0.2, 0.25) is 0 Å². The molecule has 2 aromatic carbocycles. The number of halogens is 1. The van der Waals surface area contributed by atoms with Crippen molar-refractivity contribution < 1.29 is 4.79 Å². The van der Waals surface area contributed by atoms with Crippen molar-refractivity contribution in [2.24, 2.45) is 0 Å². The third-order valence-corrected chi connectivity index (χ3v) is 3.62. The van der Waals surface area contributed by atoms with Crippen molar-refractivity contribution in [1.29, 1.82) is 0 Å². The van der Waals surface area contributed by atoms with Crippen LogP contribution < -0.4 is 11.1 Å². The Bertz CT molecular complexity index is 638. The number of hydrogen-bond donors (Lipinski definition) is 2. The van der Waals surface area contributed by atoms with Crippen molar-refractivity contribution in [1.82, 2.24) is 0 Å². The van der Waals surface area contributed by atoms with Gasteiger partial charge in [-0.05, 0) is 77.9 Å². The molecule has 0 fully saturated rings. The van der Waals surface area contributed by atoms with Crippen LogP contribution in [0, 0.1) is 17.4 Å². The number of nitrogens with one attached hydrogen (secondary N) is 1. The van der Waals surface area contributed by atoms with Gasteiger partial charge in [0.1, 0.15) is 0 Å². The molecule has 19 heavy (non-hydrogen) atoms. The molecule has 0 bridgehead atoms. The standard InChI is InChI=1S/C15H15IN2O/c1-9-7-14(10(2)6-13(9)17)18-15(19)11-4-3-5-12(16)8-11/h3-8H,17H2,1-2H3,(H,18,19). The summed E-state index contributed by atoms with van der Waals surface area (Å²) >= 11 is 2.19. The smallest absolute Gasteiger partial charge is 0.255 e. The molecule has 0 unspecified atom stereocenters. The molecule has 3 N–H and O–H groups in total. The number of anilines is 2. The van der Waals surface area contributed by atoms with Crippen LogP contribution >= 0.6 is 22.6 Å². The highest BCUT2D eigenvalue weighted by molar-refractivity contribution is 14.1. The van der Waals surface area contributed by atoms with E-state index in [1.165, 1.54) is 0 Å². The molecular weight excluding hydrogens is 351 g/mol. The molecule has 0 saturated heterocycles. The van der Waals surface area contributed by atoms with Gasteiger partial charge < -0.3 is 11.1 Å². The molecule has 0 aliphatic carbocycles. The Morgan fingerprint density at radius 1 is 1.16 bits per heavy atom. The van der Waals surface area contributed by atoms with Gasteiger partial charge in [-0.2, -0.15) is 0 Å². The summed E-state index contributed by atoms with van der Waals surface area (Å²) in [6.07, 6.45) is 0. The van der Waals surface area contributed by atoms with E-state index in [0.29, 0.717) is 5.56 Å². The first-order valence-electron chi connectivity index (χ1n) is 5.91. The highest BCUT2D eigenvalue weighted by Crippen LogP contribution is 2.22. The van der Waals surface area contributed by atoms with Gasteiger partial charge in [0.05, 0.1) is 0 Å². The van der Waals surface area contributed by atoms with E-state index < -0.39 is 0 Å². The lowest BCUT2D eigenvalue weighted by Crippen LogP contribution is -2.13. The average Bonchev–Trinajstić information content (AvgIpc) is 2.36. The van der Waals surface area contributed by atoms with Gasteiger partial charge in [-0.15, -0.1) is 0 Å². The first kappa shape index (κ1) is 13.9. The molecule has 0 aliphatic heterocycles. The van der Waals surface area contributed by atoms with Crippen molar-refractivity contribution >= 4 is 39.9 Å². The van der Waals surface area contributed by atoms with Crippen LogP contribution in [-0.2, 0) is 0 Å². The lowest BCUT2D eigenvalue weighted by Gasteiger charge is -2.11. The molecule has 98 valence electrons. The van der Waals surface area contributed by atoms with E-state index in [-0.39, 0.29) is 5.91 Å². The summed E-state index contributed by atoms with van der Waals surface area (Å²) < 4.78 is 1.04. The van der Waals surface area contributed by atoms with Gasteiger partial charge in [0.15, 0.2) is 0 Å². The molecule has 0 saturated carbocycles. The number of carbonyl (C=O) groups is 1. The molecule has 0 aromatic heterocycles. The van der Waals surface area contributed by atoms with Gasteiger partial charge in [-0.3, -0.25) is 4.79 Å². The molecule has 2 rings (SSSR count). The Kier molecular flexibility index (Phi) is 4.09. The molecule has 4 heteroatoms. The number of aryl methyl sites for hydroxylation is 2. The van der Waals surface area contributed by atoms with E-state index in [2.05, 4.69) is 27.9 Å². The Morgan fingerprint density at radius 3 is 2.58 bits per heavy atom. The zero-order valence-electron chi connectivity index (χ0n) is 10.8. The number of hydrogen-bond acceptors (Lipinski definition) is 2. The van der Waals surface area contributed by atoms with Crippen LogP contribution in [-0.4, -0.2) is 5.91 Å². The molecule has 0 radical (unpaired) electrons. The third kappa shape index (κ3) is 3.26. The molecule has 1 amide bonds. The minimum absolute atomic E-state index is 0.106. The van der Waals surface area contributed by atoms with E-state index in [4.69, 9.17) is 5.73 Å². The summed E-state index contributed by atoms with van der Waals surface area (Å²) in [6.45, 7) is 3.86. The van der Waals surface area contributed by atoms with Gasteiger partial charge >= 0.3 is 0 Å². The third-order valence-electron chi connectivity index (χ3n) is 2.95. The van der Waals surface area contributed by atoms with Gasteiger partial charge in [0.2, 0.25) is 0 Å². The van der Waals surface area contributed by atoms with Crippen molar-refractivity contribution in [3.63, 3.8) is 0 Å². The predicted octanol–water partition coefficient (Wildman–Crippen LogP) is 3.74. The van der Waals surface area contributed by atoms with Gasteiger partial charge in [0, 0.05) is 20.5 Å². The maximum Gasteiger partial charge on any atom is 0.255 e. The first-order chi connectivity index (χ1) is 8.97. The van der Waals surface area contributed by atoms with Crippen molar-refractivity contribution in [3.05, 3.63) is 56.7 Å². The normalized spacial score (nSPS) is 10.3. The zero-order chi connectivity index (χ0) is 14.0. The molecule has 2 aromatic rings. The number of amides is 1. The second-order valence-corrected chi connectivity index (χ2v) is 5.73. The fourth-order valence-corrected chi connectivity index (χ4v) is 2.34. The fraction of sp³-hybridized carbons (Fsp3) is 0.133. The number of carbonyl (C=O) groups excluding carboxylic acids is 1. The van der Waals surface area contributed by atoms with Crippen LogP contribution in [0.15, 0.2) is 36.4 Å². The summed E-state index contributed by atoms with van der Waals surface area (Å²) in [5, 5.41) is 2.92.